The molecule has 0 saturated heterocycles. The van der Waals surface area contributed by atoms with E-state index in [9.17, 15) is 0 Å². The summed E-state index contributed by atoms with van der Waals surface area (Å²) in [7, 11) is 0. The molecule has 1 N–H and O–H groups in total. The fraction of sp³-hybridized carbons (Fsp3) is 0.111. The number of fused-ring (bicyclic) bond motifs is 1. The molecule has 0 radical (unpaired) electrons. The zero-order valence-electron chi connectivity index (χ0n) is 8.13. The number of halogens is 1. The number of azide groups is 1. The van der Waals surface area contributed by atoms with E-state index in [0.29, 0.717) is 6.42 Å². The lowest BCUT2D eigenvalue weighted by atomic mass is 10.3. The van der Waals surface area contributed by atoms with Crippen molar-refractivity contribution in [3.8, 4) is 0 Å². The zero-order valence-corrected chi connectivity index (χ0v) is 9.72. The Hall–Kier alpha value is -1.85. The molecular weight excluding hydrogens is 272 g/mol. The third kappa shape index (κ3) is 2.39. The van der Waals surface area contributed by atoms with Crippen LogP contribution in [0.4, 0.5) is 0 Å². The highest BCUT2D eigenvalue weighted by Crippen LogP contribution is 2.17. The van der Waals surface area contributed by atoms with Gasteiger partial charge in [0, 0.05) is 9.70 Å². The van der Waals surface area contributed by atoms with Gasteiger partial charge in [0.2, 0.25) is 0 Å². The topological polar surface area (TPSA) is 89.8 Å². The molecule has 1 heterocycles. The number of aromatic amines is 1. The van der Waals surface area contributed by atoms with Gasteiger partial charge in [0.25, 0.3) is 0 Å². The molecular formula is C9H7BrN6. The number of nitrogens with one attached hydrogen (secondary N) is 1. The van der Waals surface area contributed by atoms with Crippen molar-refractivity contribution in [2.75, 3.05) is 0 Å². The van der Waals surface area contributed by atoms with Crippen LogP contribution < -0.4 is 0 Å². The van der Waals surface area contributed by atoms with Crippen LogP contribution in [-0.4, -0.2) is 16.2 Å². The van der Waals surface area contributed by atoms with E-state index in [2.05, 4.69) is 41.1 Å². The van der Waals surface area contributed by atoms with E-state index in [1.54, 1.807) is 0 Å². The monoisotopic (exact) mass is 278 g/mol. The number of benzene rings is 1. The van der Waals surface area contributed by atoms with Crippen LogP contribution in [-0.2, 0) is 6.42 Å². The lowest BCUT2D eigenvalue weighted by Gasteiger charge is -1.87. The van der Waals surface area contributed by atoms with Crippen molar-refractivity contribution in [3.05, 3.63) is 38.9 Å². The maximum Gasteiger partial charge on any atom is 0.129 e. The van der Waals surface area contributed by atoms with Crippen molar-refractivity contribution in [2.24, 2.45) is 10.3 Å². The molecule has 1 aromatic carbocycles. The highest BCUT2D eigenvalue weighted by molar-refractivity contribution is 9.10. The minimum atomic E-state index is 0.505. The normalized spacial score (nSPS) is 10.8. The summed E-state index contributed by atoms with van der Waals surface area (Å²) < 4.78 is 0.987. The molecule has 0 saturated carbocycles. The van der Waals surface area contributed by atoms with E-state index in [1.165, 1.54) is 6.21 Å². The van der Waals surface area contributed by atoms with Crippen LogP contribution in [0.1, 0.15) is 5.82 Å². The zero-order chi connectivity index (χ0) is 11.4. The van der Waals surface area contributed by atoms with Gasteiger partial charge in [-0.1, -0.05) is 15.9 Å². The molecule has 80 valence electrons. The van der Waals surface area contributed by atoms with Crippen molar-refractivity contribution >= 4 is 33.2 Å². The van der Waals surface area contributed by atoms with Crippen molar-refractivity contribution < 1.29 is 0 Å². The van der Waals surface area contributed by atoms with E-state index < -0.39 is 0 Å². The van der Waals surface area contributed by atoms with Crippen molar-refractivity contribution in [2.45, 2.75) is 6.42 Å². The second-order valence-electron chi connectivity index (χ2n) is 3.03. The second-order valence-corrected chi connectivity index (χ2v) is 3.94. The summed E-state index contributed by atoms with van der Waals surface area (Å²) in [4.78, 5) is 10.0. The molecule has 0 unspecified atom stereocenters. The summed E-state index contributed by atoms with van der Waals surface area (Å²) in [5, 5.41) is 6.54. The predicted octanol–water partition coefficient (Wildman–Crippen LogP) is 3.16. The third-order valence-corrected chi connectivity index (χ3v) is 2.45. The molecule has 0 spiro atoms. The van der Waals surface area contributed by atoms with Gasteiger partial charge in [0.15, 0.2) is 0 Å². The van der Waals surface area contributed by atoms with Gasteiger partial charge < -0.3 is 4.98 Å². The van der Waals surface area contributed by atoms with E-state index in [4.69, 9.17) is 5.53 Å². The molecule has 2 rings (SSSR count). The predicted molar refractivity (Wildman–Crippen MR) is 65.1 cm³/mol. The van der Waals surface area contributed by atoms with E-state index in [-0.39, 0.29) is 0 Å². The van der Waals surface area contributed by atoms with Crippen LogP contribution in [0.2, 0.25) is 0 Å². The van der Waals surface area contributed by atoms with Crippen molar-refractivity contribution in [3.63, 3.8) is 0 Å². The summed E-state index contributed by atoms with van der Waals surface area (Å²) in [5.74, 6) is 0.782. The highest BCUT2D eigenvalue weighted by Gasteiger charge is 2.02. The molecule has 2 aromatic rings. The third-order valence-electron chi connectivity index (χ3n) is 1.95. The molecule has 16 heavy (non-hydrogen) atoms. The lowest BCUT2D eigenvalue weighted by Crippen LogP contribution is -1.87. The maximum atomic E-state index is 8.02. The Balaban J connectivity index is 2.22. The molecule has 0 aliphatic carbocycles. The first-order valence-electron chi connectivity index (χ1n) is 4.49. The molecule has 0 bridgehead atoms. The van der Waals surface area contributed by atoms with E-state index in [1.807, 2.05) is 18.2 Å². The second kappa shape index (κ2) is 4.78. The smallest absolute Gasteiger partial charge is 0.129 e. The molecule has 6 nitrogen and oxygen atoms in total. The van der Waals surface area contributed by atoms with Crippen molar-refractivity contribution in [1.29, 1.82) is 0 Å². The SMILES string of the molecule is [N-]=[N+]=NN=CCc1nc2cc(Br)ccc2[nH]1. The Kier molecular flexibility index (Phi) is 3.19. The minimum Gasteiger partial charge on any atom is -0.342 e. The standard InChI is InChI=1S/C9H7BrN6/c10-6-1-2-7-8(5-6)14-9(13-7)3-4-12-16-15-11/h1-2,4-5H,3H2,(H,13,14). The summed E-state index contributed by atoms with van der Waals surface area (Å²) >= 11 is 3.38. The molecule has 0 aliphatic heterocycles. The summed E-state index contributed by atoms with van der Waals surface area (Å²) in [5.41, 5.74) is 9.88. The average Bonchev–Trinajstić information content (AvgIpc) is 2.66. The van der Waals surface area contributed by atoms with Crippen LogP contribution >= 0.6 is 15.9 Å². The van der Waals surface area contributed by atoms with E-state index >= 15 is 0 Å². The van der Waals surface area contributed by atoms with Gasteiger partial charge in [-0.3, -0.25) is 0 Å². The fourth-order valence-electron chi connectivity index (χ4n) is 1.32. The number of aromatic nitrogens is 2. The lowest BCUT2D eigenvalue weighted by molar-refractivity contribution is 1.10. The Morgan fingerprint density at radius 2 is 2.44 bits per heavy atom. The maximum absolute atomic E-state index is 8.02. The van der Waals surface area contributed by atoms with Gasteiger partial charge in [-0.25, -0.2) is 4.98 Å². The van der Waals surface area contributed by atoms with Gasteiger partial charge in [-0.15, -0.1) is 5.53 Å². The number of rotatable bonds is 3. The van der Waals surface area contributed by atoms with Crippen LogP contribution in [0, 0.1) is 0 Å². The van der Waals surface area contributed by atoms with Gasteiger partial charge in [0.1, 0.15) is 12.0 Å². The largest absolute Gasteiger partial charge is 0.342 e. The van der Waals surface area contributed by atoms with Crippen LogP contribution in [0.25, 0.3) is 21.5 Å². The number of H-pyrrole nitrogens is 1. The number of hydrogen-bond acceptors (Lipinski definition) is 2. The first-order chi connectivity index (χ1) is 7.79. The van der Waals surface area contributed by atoms with Crippen LogP contribution in [0.3, 0.4) is 0 Å². The summed E-state index contributed by atoms with van der Waals surface area (Å²) in [6.45, 7) is 0. The van der Waals surface area contributed by atoms with Gasteiger partial charge in [0.05, 0.1) is 17.5 Å². The van der Waals surface area contributed by atoms with E-state index in [0.717, 1.165) is 21.3 Å². The van der Waals surface area contributed by atoms with Gasteiger partial charge in [-0.05, 0) is 23.3 Å². The van der Waals surface area contributed by atoms with Gasteiger partial charge >= 0.3 is 0 Å². The number of hydrogen-bond donors (Lipinski definition) is 1. The highest BCUT2D eigenvalue weighted by atomic mass is 79.9. The molecule has 0 amide bonds. The molecule has 0 aliphatic rings. The Morgan fingerprint density at radius 3 is 3.25 bits per heavy atom. The first-order valence-corrected chi connectivity index (χ1v) is 5.29. The summed E-state index contributed by atoms with van der Waals surface area (Å²) in [6.07, 6.45) is 2.01. The molecule has 0 fully saturated rings. The van der Waals surface area contributed by atoms with Gasteiger partial charge in [-0.2, -0.15) is 4.91 Å². The number of imidazole rings is 1. The van der Waals surface area contributed by atoms with Crippen molar-refractivity contribution in [1.82, 2.24) is 9.97 Å². The molecule has 1 aromatic heterocycles. The Bertz CT molecular complexity index is 581. The first kappa shape index (κ1) is 10.7. The summed E-state index contributed by atoms with van der Waals surface area (Å²) in [6, 6.07) is 5.82. The Labute approximate surface area is 99.1 Å². The minimum absolute atomic E-state index is 0.505. The quantitative estimate of drug-likeness (QED) is 0.302. The number of nitrogens with zero attached hydrogens (tertiary/aromatic N) is 5. The molecule has 0 atom stereocenters. The van der Waals surface area contributed by atoms with Crippen LogP contribution in [0.5, 0.6) is 0 Å². The molecule has 7 heteroatoms. The average molecular weight is 279 g/mol. The Morgan fingerprint density at radius 1 is 1.56 bits per heavy atom. The van der Waals surface area contributed by atoms with Crippen LogP contribution in [0.15, 0.2) is 33.0 Å². The fourth-order valence-corrected chi connectivity index (χ4v) is 1.66.